The SMILES string of the molecule is CC(N)CCC(=O)N[C@H](C)c1cccc(F)c1. The first-order valence-corrected chi connectivity index (χ1v) is 5.79. The van der Waals surface area contributed by atoms with Crippen LogP contribution in [0.15, 0.2) is 24.3 Å². The van der Waals surface area contributed by atoms with Crippen molar-refractivity contribution in [3.05, 3.63) is 35.6 Å². The van der Waals surface area contributed by atoms with Crippen molar-refractivity contribution in [3.63, 3.8) is 0 Å². The van der Waals surface area contributed by atoms with E-state index < -0.39 is 0 Å². The molecule has 0 aromatic heterocycles. The van der Waals surface area contributed by atoms with E-state index in [9.17, 15) is 9.18 Å². The van der Waals surface area contributed by atoms with E-state index in [4.69, 9.17) is 5.73 Å². The maximum Gasteiger partial charge on any atom is 0.220 e. The number of carbonyl (C=O) groups excluding carboxylic acids is 1. The van der Waals surface area contributed by atoms with Crippen LogP contribution in [0.3, 0.4) is 0 Å². The number of amides is 1. The van der Waals surface area contributed by atoms with Gasteiger partial charge in [-0.1, -0.05) is 12.1 Å². The van der Waals surface area contributed by atoms with Gasteiger partial charge >= 0.3 is 0 Å². The third kappa shape index (κ3) is 4.95. The number of carbonyl (C=O) groups is 1. The van der Waals surface area contributed by atoms with Crippen molar-refractivity contribution in [2.75, 3.05) is 0 Å². The Morgan fingerprint density at radius 3 is 2.76 bits per heavy atom. The Balaban J connectivity index is 2.48. The van der Waals surface area contributed by atoms with Gasteiger partial charge in [0, 0.05) is 12.5 Å². The Hall–Kier alpha value is -1.42. The minimum Gasteiger partial charge on any atom is -0.350 e. The molecule has 3 nitrogen and oxygen atoms in total. The molecule has 0 bridgehead atoms. The fraction of sp³-hybridized carbons (Fsp3) is 0.462. The van der Waals surface area contributed by atoms with Gasteiger partial charge in [-0.2, -0.15) is 0 Å². The Morgan fingerprint density at radius 1 is 1.47 bits per heavy atom. The van der Waals surface area contributed by atoms with E-state index in [2.05, 4.69) is 5.32 Å². The van der Waals surface area contributed by atoms with Crippen molar-refractivity contribution in [1.82, 2.24) is 5.32 Å². The number of rotatable bonds is 5. The lowest BCUT2D eigenvalue weighted by atomic mass is 10.1. The summed E-state index contributed by atoms with van der Waals surface area (Å²) < 4.78 is 13.0. The minimum absolute atomic E-state index is 0.0187. The molecule has 17 heavy (non-hydrogen) atoms. The van der Waals surface area contributed by atoms with Crippen LogP contribution in [0, 0.1) is 5.82 Å². The van der Waals surface area contributed by atoms with E-state index >= 15 is 0 Å². The molecule has 1 rings (SSSR count). The van der Waals surface area contributed by atoms with E-state index in [1.165, 1.54) is 12.1 Å². The number of nitrogens with two attached hydrogens (primary N) is 1. The van der Waals surface area contributed by atoms with Gasteiger partial charge in [-0.3, -0.25) is 4.79 Å². The molecule has 0 aliphatic rings. The van der Waals surface area contributed by atoms with Crippen LogP contribution in [0.1, 0.15) is 38.3 Å². The molecule has 0 heterocycles. The fourth-order valence-electron chi connectivity index (χ4n) is 1.53. The highest BCUT2D eigenvalue weighted by molar-refractivity contribution is 5.76. The molecule has 0 fully saturated rings. The maximum atomic E-state index is 13.0. The second-order valence-corrected chi connectivity index (χ2v) is 4.36. The molecule has 0 radical (unpaired) electrons. The molecule has 0 saturated heterocycles. The molecule has 0 spiro atoms. The summed E-state index contributed by atoms with van der Waals surface area (Å²) in [6, 6.07) is 6.07. The zero-order chi connectivity index (χ0) is 12.8. The van der Waals surface area contributed by atoms with Crippen molar-refractivity contribution in [2.45, 2.75) is 38.8 Å². The van der Waals surface area contributed by atoms with Gasteiger partial charge in [0.25, 0.3) is 0 Å². The summed E-state index contributed by atoms with van der Waals surface area (Å²) in [6.07, 6.45) is 1.05. The number of hydrogen-bond donors (Lipinski definition) is 2. The van der Waals surface area contributed by atoms with Gasteiger partial charge < -0.3 is 11.1 Å². The zero-order valence-corrected chi connectivity index (χ0v) is 10.2. The van der Waals surface area contributed by atoms with Crippen LogP contribution in [-0.2, 0) is 4.79 Å². The zero-order valence-electron chi connectivity index (χ0n) is 10.2. The van der Waals surface area contributed by atoms with Crippen molar-refractivity contribution in [3.8, 4) is 0 Å². The average molecular weight is 238 g/mol. The number of halogens is 1. The fourth-order valence-corrected chi connectivity index (χ4v) is 1.53. The molecule has 0 aliphatic heterocycles. The van der Waals surface area contributed by atoms with Crippen LogP contribution in [0.2, 0.25) is 0 Å². The van der Waals surface area contributed by atoms with Crippen LogP contribution in [0.25, 0.3) is 0 Å². The summed E-state index contributed by atoms with van der Waals surface area (Å²) in [6.45, 7) is 3.70. The monoisotopic (exact) mass is 238 g/mol. The first-order valence-electron chi connectivity index (χ1n) is 5.79. The summed E-state index contributed by atoms with van der Waals surface area (Å²) in [5, 5.41) is 2.82. The molecule has 1 amide bonds. The molecular weight excluding hydrogens is 219 g/mol. The van der Waals surface area contributed by atoms with Crippen molar-refractivity contribution in [2.24, 2.45) is 5.73 Å². The van der Waals surface area contributed by atoms with E-state index in [1.807, 2.05) is 13.8 Å². The third-order valence-electron chi connectivity index (χ3n) is 2.55. The molecule has 0 aliphatic carbocycles. The quantitative estimate of drug-likeness (QED) is 0.825. The van der Waals surface area contributed by atoms with E-state index in [1.54, 1.807) is 12.1 Å². The van der Waals surface area contributed by atoms with Gasteiger partial charge in [-0.25, -0.2) is 4.39 Å². The first-order chi connectivity index (χ1) is 7.99. The number of nitrogens with one attached hydrogen (secondary N) is 1. The van der Waals surface area contributed by atoms with Crippen LogP contribution < -0.4 is 11.1 Å². The summed E-state index contributed by atoms with van der Waals surface area (Å²) in [4.78, 5) is 11.6. The third-order valence-corrected chi connectivity index (χ3v) is 2.55. The standard InChI is InChI=1S/C13H19FN2O/c1-9(15)6-7-13(17)16-10(2)11-4-3-5-12(14)8-11/h3-5,8-10H,6-7,15H2,1-2H3,(H,16,17)/t9?,10-/m1/s1. The minimum atomic E-state index is -0.292. The summed E-state index contributed by atoms with van der Waals surface area (Å²) in [5.74, 6) is -0.349. The second kappa shape index (κ2) is 6.35. The van der Waals surface area contributed by atoms with Gasteiger partial charge in [0.05, 0.1) is 6.04 Å². The average Bonchev–Trinajstić information content (AvgIpc) is 2.26. The van der Waals surface area contributed by atoms with Gasteiger partial charge in [-0.15, -0.1) is 0 Å². The van der Waals surface area contributed by atoms with Crippen LogP contribution in [0.5, 0.6) is 0 Å². The molecule has 94 valence electrons. The summed E-state index contributed by atoms with van der Waals surface area (Å²) >= 11 is 0. The highest BCUT2D eigenvalue weighted by Gasteiger charge is 2.10. The molecule has 1 aromatic carbocycles. The molecule has 1 aromatic rings. The highest BCUT2D eigenvalue weighted by atomic mass is 19.1. The molecular formula is C13H19FN2O. The maximum absolute atomic E-state index is 13.0. The highest BCUT2D eigenvalue weighted by Crippen LogP contribution is 2.13. The van der Waals surface area contributed by atoms with Crippen molar-refractivity contribution < 1.29 is 9.18 Å². The van der Waals surface area contributed by atoms with Crippen LogP contribution >= 0.6 is 0 Å². The lowest BCUT2D eigenvalue weighted by Crippen LogP contribution is -2.28. The van der Waals surface area contributed by atoms with E-state index in [0.29, 0.717) is 12.8 Å². The number of hydrogen-bond acceptors (Lipinski definition) is 2. The van der Waals surface area contributed by atoms with Gasteiger partial charge in [0.2, 0.25) is 5.91 Å². The van der Waals surface area contributed by atoms with E-state index in [-0.39, 0.29) is 23.8 Å². The van der Waals surface area contributed by atoms with Crippen LogP contribution in [0.4, 0.5) is 4.39 Å². The second-order valence-electron chi connectivity index (χ2n) is 4.36. The Kier molecular flexibility index (Phi) is 5.10. The Labute approximate surface area is 101 Å². The van der Waals surface area contributed by atoms with Crippen LogP contribution in [-0.4, -0.2) is 11.9 Å². The molecule has 1 unspecified atom stereocenters. The molecule has 4 heteroatoms. The number of benzene rings is 1. The van der Waals surface area contributed by atoms with Crippen molar-refractivity contribution >= 4 is 5.91 Å². The predicted octanol–water partition coefficient (Wildman–Crippen LogP) is 2.13. The van der Waals surface area contributed by atoms with Gasteiger partial charge in [-0.05, 0) is 38.0 Å². The molecule has 3 N–H and O–H groups in total. The lowest BCUT2D eigenvalue weighted by Gasteiger charge is -2.14. The lowest BCUT2D eigenvalue weighted by molar-refractivity contribution is -0.121. The largest absolute Gasteiger partial charge is 0.350 e. The normalized spacial score (nSPS) is 14.1. The van der Waals surface area contributed by atoms with Crippen molar-refractivity contribution in [1.29, 1.82) is 0 Å². The first kappa shape index (κ1) is 13.6. The summed E-state index contributed by atoms with van der Waals surface area (Å²) in [5.41, 5.74) is 6.34. The van der Waals surface area contributed by atoms with E-state index in [0.717, 1.165) is 5.56 Å². The van der Waals surface area contributed by atoms with Gasteiger partial charge in [0.15, 0.2) is 0 Å². The topological polar surface area (TPSA) is 55.1 Å². The summed E-state index contributed by atoms with van der Waals surface area (Å²) in [7, 11) is 0. The molecule has 0 saturated carbocycles. The Morgan fingerprint density at radius 2 is 2.18 bits per heavy atom. The predicted molar refractivity (Wildman–Crippen MR) is 65.8 cm³/mol. The smallest absolute Gasteiger partial charge is 0.220 e. The molecule has 2 atom stereocenters. The van der Waals surface area contributed by atoms with Gasteiger partial charge in [0.1, 0.15) is 5.82 Å². The Bertz CT molecular complexity index is 379.